The van der Waals surface area contributed by atoms with Crippen LogP contribution in [0.2, 0.25) is 0 Å². The van der Waals surface area contributed by atoms with Crippen LogP contribution in [-0.4, -0.2) is 9.17 Å². The van der Waals surface area contributed by atoms with Crippen molar-refractivity contribution in [3.63, 3.8) is 0 Å². The Hall–Kier alpha value is 1.24. The Morgan fingerprint density at radius 1 is 1.33 bits per heavy atom. The first-order valence-electron chi connectivity index (χ1n) is 0.612. The molecule has 0 heterocycles. The molecule has 0 atom stereocenters. The van der Waals surface area contributed by atoms with E-state index in [4.69, 9.17) is 14.1 Å². The summed E-state index contributed by atoms with van der Waals surface area (Å²) >= 11 is 0. The topological polar surface area (TPSA) is 63.2 Å². The minimum absolute atomic E-state index is 0. The summed E-state index contributed by atoms with van der Waals surface area (Å²) in [7, 11) is -3.63. The van der Waals surface area contributed by atoms with Gasteiger partial charge >= 0.3 is 49.0 Å². The van der Waals surface area contributed by atoms with Crippen LogP contribution in [0.1, 0.15) is 0 Å². The fourth-order valence-electron chi connectivity index (χ4n) is 0. The standard InChI is InChI=1S/Na.O3Si.Zn/c;1-4(2)3;/q+1;-2;+2. The predicted octanol–water partition coefficient (Wildman–Crippen LogP) is -5.88. The largest absolute Gasteiger partial charge is 2.00 e. The smallest absolute Gasteiger partial charge is 0.672 e. The predicted molar refractivity (Wildman–Crippen MR) is 6.44 cm³/mol. The summed E-state index contributed by atoms with van der Waals surface area (Å²) in [5, 5.41) is 0. The fraction of sp³-hybridized carbons (Fsp3) is 0. The molecule has 0 bridgehead atoms. The molecule has 0 unspecified atom stereocenters. The second kappa shape index (κ2) is 9.53. The van der Waals surface area contributed by atoms with E-state index in [-0.39, 0.29) is 49.0 Å². The molecule has 0 saturated carbocycles. The SMILES string of the molecule is O=[Si]([O-])[O-].[Na+].[Zn+2]. The van der Waals surface area contributed by atoms with Gasteiger partial charge in [0.05, 0.1) is 0 Å². The molecule has 0 saturated heterocycles. The van der Waals surface area contributed by atoms with Gasteiger partial charge in [-0.15, -0.1) is 0 Å². The molecule has 0 spiro atoms. The monoisotopic (exact) mass is 163 g/mol. The molecule has 0 aliphatic heterocycles. The average Bonchev–Trinajstić information content (AvgIpc) is 0.811. The zero-order valence-corrected chi connectivity index (χ0v) is 9.40. The molecule has 3 nitrogen and oxygen atoms in total. The van der Waals surface area contributed by atoms with E-state index in [0.717, 1.165) is 0 Å². The van der Waals surface area contributed by atoms with E-state index in [0.29, 0.717) is 0 Å². The van der Waals surface area contributed by atoms with Crippen molar-refractivity contribution in [3.05, 3.63) is 0 Å². The Bertz CT molecular complexity index is 33.8. The Labute approximate surface area is 71.7 Å². The van der Waals surface area contributed by atoms with Gasteiger partial charge in [0.2, 0.25) is 0 Å². The second-order valence-corrected chi connectivity index (χ2v) is 0.750. The molecule has 0 amide bonds. The van der Waals surface area contributed by atoms with Gasteiger partial charge in [0.1, 0.15) is 0 Å². The molecule has 0 aliphatic rings. The third-order valence-corrected chi connectivity index (χ3v) is 0. The summed E-state index contributed by atoms with van der Waals surface area (Å²) in [4.78, 5) is 17.0. The molecule has 0 aromatic heterocycles. The van der Waals surface area contributed by atoms with Gasteiger partial charge in [-0.1, -0.05) is 0 Å². The van der Waals surface area contributed by atoms with Gasteiger partial charge in [-0.3, -0.25) is 0 Å². The molecule has 0 aliphatic carbocycles. The second-order valence-electron chi connectivity index (χ2n) is 0.250. The van der Waals surface area contributed by atoms with Gasteiger partial charge in [-0.25, -0.2) is 0 Å². The molecule has 0 N–H and O–H groups in total. The van der Waals surface area contributed by atoms with Crippen molar-refractivity contribution in [2.75, 3.05) is 0 Å². The van der Waals surface area contributed by atoms with Crippen molar-refractivity contribution in [2.45, 2.75) is 0 Å². The van der Waals surface area contributed by atoms with Crippen LogP contribution in [0.4, 0.5) is 0 Å². The fourth-order valence-corrected chi connectivity index (χ4v) is 0. The summed E-state index contributed by atoms with van der Waals surface area (Å²) < 4.78 is 8.52. The first-order chi connectivity index (χ1) is 1.73. The average molecular weight is 164 g/mol. The Morgan fingerprint density at radius 2 is 1.33 bits per heavy atom. The zero-order valence-electron chi connectivity index (χ0n) is 3.43. The van der Waals surface area contributed by atoms with Crippen molar-refractivity contribution >= 4 is 9.17 Å². The first-order valence-corrected chi connectivity index (χ1v) is 1.84. The molecular weight excluding hydrogens is 164 g/mol. The van der Waals surface area contributed by atoms with Crippen LogP contribution in [0, 0.1) is 0 Å². The molecule has 0 aromatic rings. The van der Waals surface area contributed by atoms with Crippen LogP contribution in [0.25, 0.3) is 0 Å². The van der Waals surface area contributed by atoms with Crippen molar-refractivity contribution in [2.24, 2.45) is 0 Å². The van der Waals surface area contributed by atoms with Crippen LogP contribution in [-0.2, 0) is 23.9 Å². The van der Waals surface area contributed by atoms with E-state index in [1.165, 1.54) is 0 Å². The Morgan fingerprint density at radius 3 is 1.33 bits per heavy atom. The molecular formula is NaO3SiZn+. The van der Waals surface area contributed by atoms with E-state index >= 15 is 0 Å². The summed E-state index contributed by atoms with van der Waals surface area (Å²) in [5.74, 6) is 0. The van der Waals surface area contributed by atoms with Crippen LogP contribution in [0.3, 0.4) is 0 Å². The van der Waals surface area contributed by atoms with E-state index in [9.17, 15) is 0 Å². The van der Waals surface area contributed by atoms with Gasteiger partial charge in [-0.05, 0) is 0 Å². The molecule has 24 valence electrons. The van der Waals surface area contributed by atoms with Gasteiger partial charge in [0, 0.05) is 9.17 Å². The summed E-state index contributed by atoms with van der Waals surface area (Å²) in [6, 6.07) is 0. The summed E-state index contributed by atoms with van der Waals surface area (Å²) in [5.41, 5.74) is 0. The van der Waals surface area contributed by atoms with Crippen LogP contribution in [0.5, 0.6) is 0 Å². The van der Waals surface area contributed by atoms with E-state index in [1.54, 1.807) is 0 Å². The van der Waals surface area contributed by atoms with Crippen LogP contribution in [0.15, 0.2) is 0 Å². The number of hydrogen-bond acceptors (Lipinski definition) is 3. The first kappa shape index (κ1) is 15.7. The zero-order chi connectivity index (χ0) is 3.58. The van der Waals surface area contributed by atoms with E-state index in [1.807, 2.05) is 0 Å². The molecule has 0 rings (SSSR count). The molecule has 0 fully saturated rings. The third kappa shape index (κ3) is 61.3. The maximum atomic E-state index is 8.52. The molecule has 6 heteroatoms. The normalized spacial score (nSPS) is 4.00. The Balaban J connectivity index is -0.0000000450. The molecule has 0 aromatic carbocycles. The summed E-state index contributed by atoms with van der Waals surface area (Å²) in [6.07, 6.45) is 0. The number of hydrogen-bond donors (Lipinski definition) is 0. The van der Waals surface area contributed by atoms with Crippen molar-refractivity contribution < 1.29 is 63.1 Å². The molecule has 6 heavy (non-hydrogen) atoms. The minimum Gasteiger partial charge on any atom is -0.672 e. The van der Waals surface area contributed by atoms with Gasteiger partial charge in [0.15, 0.2) is 0 Å². The van der Waals surface area contributed by atoms with Gasteiger partial charge < -0.3 is 14.1 Å². The number of rotatable bonds is 0. The summed E-state index contributed by atoms with van der Waals surface area (Å²) in [6.45, 7) is 0. The van der Waals surface area contributed by atoms with Gasteiger partial charge in [0.25, 0.3) is 0 Å². The van der Waals surface area contributed by atoms with E-state index < -0.39 is 9.17 Å². The molecule has 0 radical (unpaired) electrons. The third-order valence-electron chi connectivity index (χ3n) is 0. The minimum atomic E-state index is -3.63. The maximum absolute atomic E-state index is 8.52. The Kier molecular flexibility index (Phi) is 24.9. The van der Waals surface area contributed by atoms with Gasteiger partial charge in [-0.2, -0.15) is 0 Å². The van der Waals surface area contributed by atoms with Crippen LogP contribution >= 0.6 is 0 Å². The van der Waals surface area contributed by atoms with E-state index in [2.05, 4.69) is 0 Å². The quantitative estimate of drug-likeness (QED) is 0.335. The van der Waals surface area contributed by atoms with Crippen molar-refractivity contribution in [1.82, 2.24) is 0 Å². The van der Waals surface area contributed by atoms with Crippen molar-refractivity contribution in [1.29, 1.82) is 0 Å². The maximum Gasteiger partial charge on any atom is 2.00 e. The van der Waals surface area contributed by atoms with Crippen LogP contribution < -0.4 is 39.1 Å². The van der Waals surface area contributed by atoms with Crippen molar-refractivity contribution in [3.8, 4) is 0 Å².